The number of rotatable bonds is 5. The van der Waals surface area contributed by atoms with Gasteiger partial charge in [-0.15, -0.1) is 0 Å². The van der Waals surface area contributed by atoms with E-state index >= 15 is 0 Å². The van der Waals surface area contributed by atoms with Crippen LogP contribution in [0, 0.1) is 0 Å². The Bertz CT molecular complexity index is 627. The second-order valence-corrected chi connectivity index (χ2v) is 4.71. The maximum atomic E-state index is 8.92. The van der Waals surface area contributed by atoms with E-state index in [1.165, 1.54) is 5.56 Å². The van der Waals surface area contributed by atoms with E-state index in [1.807, 2.05) is 36.2 Å². The van der Waals surface area contributed by atoms with E-state index in [-0.39, 0.29) is 5.84 Å². The third kappa shape index (κ3) is 3.45. The fourth-order valence-corrected chi connectivity index (χ4v) is 2.17. The predicted molar refractivity (Wildman–Crippen MR) is 84.1 cm³/mol. The molecule has 0 heterocycles. The Kier molecular flexibility index (Phi) is 4.66. The Morgan fingerprint density at radius 1 is 1.24 bits per heavy atom. The molecule has 2 aromatic carbocycles. The SMILES string of the molecule is COc1ccc(/C(N)=N/O)c(N(C)Cc2ccccc2)c1. The van der Waals surface area contributed by atoms with Crippen molar-refractivity contribution >= 4 is 11.5 Å². The summed E-state index contributed by atoms with van der Waals surface area (Å²) in [7, 11) is 3.56. The van der Waals surface area contributed by atoms with Crippen molar-refractivity contribution in [3.05, 3.63) is 59.7 Å². The highest BCUT2D eigenvalue weighted by atomic mass is 16.5. The van der Waals surface area contributed by atoms with Gasteiger partial charge in [-0.25, -0.2) is 0 Å². The van der Waals surface area contributed by atoms with Gasteiger partial charge in [0.05, 0.1) is 12.8 Å². The Balaban J connectivity index is 2.35. The van der Waals surface area contributed by atoms with Crippen LogP contribution in [0.4, 0.5) is 5.69 Å². The maximum Gasteiger partial charge on any atom is 0.172 e. The number of methoxy groups -OCH3 is 1. The lowest BCUT2D eigenvalue weighted by molar-refractivity contribution is 0.318. The Labute approximate surface area is 124 Å². The Morgan fingerprint density at radius 3 is 2.57 bits per heavy atom. The molecular formula is C16H19N3O2. The van der Waals surface area contributed by atoms with Gasteiger partial charge in [-0.3, -0.25) is 0 Å². The second-order valence-electron chi connectivity index (χ2n) is 4.71. The average molecular weight is 285 g/mol. The largest absolute Gasteiger partial charge is 0.497 e. The van der Waals surface area contributed by atoms with Crippen LogP contribution in [0.1, 0.15) is 11.1 Å². The molecule has 0 spiro atoms. The highest BCUT2D eigenvalue weighted by Gasteiger charge is 2.13. The molecule has 0 aliphatic rings. The quantitative estimate of drug-likeness (QED) is 0.383. The summed E-state index contributed by atoms with van der Waals surface area (Å²) in [5.41, 5.74) is 8.43. The number of hydrogen-bond acceptors (Lipinski definition) is 4. The van der Waals surface area contributed by atoms with Gasteiger partial charge < -0.3 is 20.6 Å². The third-order valence-electron chi connectivity index (χ3n) is 3.26. The van der Waals surface area contributed by atoms with Crippen molar-refractivity contribution in [2.75, 3.05) is 19.1 Å². The number of amidine groups is 1. The summed E-state index contributed by atoms with van der Waals surface area (Å²) in [6.07, 6.45) is 0. The molecule has 0 amide bonds. The number of benzene rings is 2. The molecule has 21 heavy (non-hydrogen) atoms. The highest BCUT2D eigenvalue weighted by Crippen LogP contribution is 2.26. The molecule has 5 heteroatoms. The molecule has 0 aliphatic carbocycles. The third-order valence-corrected chi connectivity index (χ3v) is 3.26. The van der Waals surface area contributed by atoms with Gasteiger partial charge in [0.15, 0.2) is 5.84 Å². The molecule has 0 bridgehead atoms. The summed E-state index contributed by atoms with van der Waals surface area (Å²) in [6.45, 7) is 0.708. The van der Waals surface area contributed by atoms with E-state index in [0.29, 0.717) is 12.1 Å². The van der Waals surface area contributed by atoms with Crippen molar-refractivity contribution in [3.63, 3.8) is 0 Å². The van der Waals surface area contributed by atoms with E-state index < -0.39 is 0 Å². The molecule has 110 valence electrons. The first-order chi connectivity index (χ1) is 10.2. The fourth-order valence-electron chi connectivity index (χ4n) is 2.17. The number of hydrogen-bond donors (Lipinski definition) is 2. The lowest BCUT2D eigenvalue weighted by atomic mass is 10.1. The molecule has 0 atom stereocenters. The topological polar surface area (TPSA) is 71.1 Å². The fraction of sp³-hybridized carbons (Fsp3) is 0.188. The zero-order valence-corrected chi connectivity index (χ0v) is 12.2. The van der Waals surface area contributed by atoms with Crippen LogP contribution in [0.2, 0.25) is 0 Å². The molecular weight excluding hydrogens is 266 g/mol. The number of anilines is 1. The predicted octanol–water partition coefficient (Wildman–Crippen LogP) is 2.43. The van der Waals surface area contributed by atoms with Gasteiger partial charge in [0.1, 0.15) is 5.75 Å². The summed E-state index contributed by atoms with van der Waals surface area (Å²) in [5.74, 6) is 0.798. The molecule has 0 radical (unpaired) electrons. The minimum atomic E-state index is 0.0764. The summed E-state index contributed by atoms with van der Waals surface area (Å²) in [5, 5.41) is 12.0. The summed E-state index contributed by atoms with van der Waals surface area (Å²) >= 11 is 0. The van der Waals surface area contributed by atoms with Crippen LogP contribution in [0.5, 0.6) is 5.75 Å². The molecule has 0 saturated carbocycles. The molecule has 3 N–H and O–H groups in total. The van der Waals surface area contributed by atoms with Gasteiger partial charge in [0.25, 0.3) is 0 Å². The molecule has 2 rings (SSSR count). The van der Waals surface area contributed by atoms with Crippen molar-refractivity contribution in [3.8, 4) is 5.75 Å². The van der Waals surface area contributed by atoms with Crippen LogP contribution < -0.4 is 15.4 Å². The van der Waals surface area contributed by atoms with Crippen LogP contribution >= 0.6 is 0 Å². The van der Waals surface area contributed by atoms with Crippen LogP contribution in [0.25, 0.3) is 0 Å². The zero-order chi connectivity index (χ0) is 15.2. The number of nitrogens with two attached hydrogens (primary N) is 1. The highest BCUT2D eigenvalue weighted by molar-refractivity contribution is 6.02. The van der Waals surface area contributed by atoms with Crippen LogP contribution in [0.15, 0.2) is 53.7 Å². The molecule has 0 aliphatic heterocycles. The van der Waals surface area contributed by atoms with Gasteiger partial charge >= 0.3 is 0 Å². The normalized spacial score (nSPS) is 11.2. The lowest BCUT2D eigenvalue weighted by Gasteiger charge is -2.23. The van der Waals surface area contributed by atoms with E-state index in [4.69, 9.17) is 15.7 Å². The zero-order valence-electron chi connectivity index (χ0n) is 12.2. The smallest absolute Gasteiger partial charge is 0.172 e. The van der Waals surface area contributed by atoms with Gasteiger partial charge in [-0.05, 0) is 17.7 Å². The molecule has 0 aromatic heterocycles. The van der Waals surface area contributed by atoms with Gasteiger partial charge in [-0.1, -0.05) is 35.5 Å². The van der Waals surface area contributed by atoms with Crippen molar-refractivity contribution in [1.82, 2.24) is 0 Å². The van der Waals surface area contributed by atoms with Crippen molar-refractivity contribution < 1.29 is 9.94 Å². The number of nitrogens with zero attached hydrogens (tertiary/aromatic N) is 2. The summed E-state index contributed by atoms with van der Waals surface area (Å²) in [4.78, 5) is 2.03. The standard InChI is InChI=1S/C16H19N3O2/c1-19(11-12-6-4-3-5-7-12)15-10-13(21-2)8-9-14(15)16(17)18-20/h3-10,20H,11H2,1-2H3,(H2,17,18). The average Bonchev–Trinajstić information content (AvgIpc) is 2.54. The Morgan fingerprint density at radius 2 is 1.95 bits per heavy atom. The lowest BCUT2D eigenvalue weighted by Crippen LogP contribution is -2.22. The minimum Gasteiger partial charge on any atom is -0.497 e. The van der Waals surface area contributed by atoms with Crippen molar-refractivity contribution in [2.24, 2.45) is 10.9 Å². The molecule has 0 unspecified atom stereocenters. The summed E-state index contributed by atoms with van der Waals surface area (Å²) < 4.78 is 5.25. The van der Waals surface area contributed by atoms with Gasteiger partial charge in [0.2, 0.25) is 0 Å². The maximum absolute atomic E-state index is 8.92. The monoisotopic (exact) mass is 285 g/mol. The first-order valence-electron chi connectivity index (χ1n) is 6.56. The van der Waals surface area contributed by atoms with E-state index in [0.717, 1.165) is 11.4 Å². The molecule has 5 nitrogen and oxygen atoms in total. The number of oxime groups is 1. The van der Waals surface area contributed by atoms with Gasteiger partial charge in [0, 0.05) is 25.2 Å². The molecule has 0 saturated heterocycles. The van der Waals surface area contributed by atoms with E-state index in [9.17, 15) is 0 Å². The summed E-state index contributed by atoms with van der Waals surface area (Å²) in [6, 6.07) is 15.5. The first-order valence-corrected chi connectivity index (χ1v) is 6.56. The first kappa shape index (κ1) is 14.7. The van der Waals surface area contributed by atoms with Gasteiger partial charge in [-0.2, -0.15) is 0 Å². The van der Waals surface area contributed by atoms with Crippen LogP contribution in [0.3, 0.4) is 0 Å². The van der Waals surface area contributed by atoms with Crippen molar-refractivity contribution in [2.45, 2.75) is 6.54 Å². The Hall–Kier alpha value is -2.69. The van der Waals surface area contributed by atoms with Crippen LogP contribution in [-0.2, 0) is 6.54 Å². The second kappa shape index (κ2) is 6.65. The van der Waals surface area contributed by atoms with Crippen LogP contribution in [-0.4, -0.2) is 25.2 Å². The molecule has 0 fully saturated rings. The van der Waals surface area contributed by atoms with E-state index in [1.54, 1.807) is 19.2 Å². The minimum absolute atomic E-state index is 0.0764. The van der Waals surface area contributed by atoms with E-state index in [2.05, 4.69) is 17.3 Å². The number of ether oxygens (including phenoxy) is 1. The molecule has 2 aromatic rings. The van der Waals surface area contributed by atoms with Crippen molar-refractivity contribution in [1.29, 1.82) is 0 Å².